The van der Waals surface area contributed by atoms with Gasteiger partial charge in [-0.3, -0.25) is 4.79 Å². The van der Waals surface area contributed by atoms with Crippen LogP contribution in [0, 0.1) is 0 Å². The topological polar surface area (TPSA) is 56.8 Å². The van der Waals surface area contributed by atoms with Gasteiger partial charge < -0.3 is 19.5 Å². The van der Waals surface area contributed by atoms with Gasteiger partial charge >= 0.3 is 0 Å². The predicted octanol–water partition coefficient (Wildman–Crippen LogP) is 4.57. The second-order valence-electron chi connectivity index (χ2n) is 5.50. The number of thioether (sulfide) groups is 1. The van der Waals surface area contributed by atoms with E-state index in [1.54, 1.807) is 51.7 Å². The molecule has 0 heterocycles. The van der Waals surface area contributed by atoms with Crippen LogP contribution in [-0.4, -0.2) is 33.0 Å². The molecule has 2 aromatic carbocycles. The molecule has 0 radical (unpaired) electrons. The fourth-order valence-electron chi connectivity index (χ4n) is 2.41. The van der Waals surface area contributed by atoms with Gasteiger partial charge in [0.2, 0.25) is 11.7 Å². The zero-order valence-electron chi connectivity index (χ0n) is 15.3. The molecule has 0 spiro atoms. The molecule has 8 heteroatoms. The van der Waals surface area contributed by atoms with Gasteiger partial charge in [0.1, 0.15) is 0 Å². The monoisotopic (exact) mass is 429 g/mol. The second-order valence-corrected chi connectivity index (χ2v) is 7.30. The highest BCUT2D eigenvalue weighted by Crippen LogP contribution is 2.38. The summed E-state index contributed by atoms with van der Waals surface area (Å²) in [6, 6.07) is 8.97. The van der Waals surface area contributed by atoms with Gasteiger partial charge in [-0.15, -0.1) is 11.8 Å². The lowest BCUT2D eigenvalue weighted by atomic mass is 10.2. The van der Waals surface area contributed by atoms with Crippen LogP contribution < -0.4 is 19.5 Å². The zero-order chi connectivity index (χ0) is 19.8. The first kappa shape index (κ1) is 21.5. The van der Waals surface area contributed by atoms with Crippen LogP contribution in [-0.2, 0) is 17.1 Å². The number of hydrogen-bond acceptors (Lipinski definition) is 5. The number of methoxy groups -OCH3 is 3. The van der Waals surface area contributed by atoms with Crippen molar-refractivity contribution in [1.82, 2.24) is 5.32 Å². The Morgan fingerprint density at radius 1 is 1.04 bits per heavy atom. The van der Waals surface area contributed by atoms with Crippen molar-refractivity contribution in [3.8, 4) is 17.2 Å². The molecule has 0 bridgehead atoms. The van der Waals surface area contributed by atoms with E-state index in [2.05, 4.69) is 5.32 Å². The van der Waals surface area contributed by atoms with Gasteiger partial charge in [0.25, 0.3) is 0 Å². The Hall–Kier alpha value is -1.76. The summed E-state index contributed by atoms with van der Waals surface area (Å²) in [7, 11) is 4.65. The summed E-state index contributed by atoms with van der Waals surface area (Å²) in [4.78, 5) is 12.1. The summed E-state index contributed by atoms with van der Waals surface area (Å²) < 4.78 is 15.9. The van der Waals surface area contributed by atoms with Crippen LogP contribution in [0.3, 0.4) is 0 Å². The maximum Gasteiger partial charge on any atom is 0.230 e. The quantitative estimate of drug-likeness (QED) is 0.632. The van der Waals surface area contributed by atoms with Crippen molar-refractivity contribution < 1.29 is 19.0 Å². The van der Waals surface area contributed by atoms with E-state index in [4.69, 9.17) is 37.4 Å². The van der Waals surface area contributed by atoms with Crippen molar-refractivity contribution in [2.24, 2.45) is 0 Å². The number of halogens is 2. The molecule has 0 unspecified atom stereocenters. The first-order valence-corrected chi connectivity index (χ1v) is 9.97. The van der Waals surface area contributed by atoms with E-state index in [0.717, 1.165) is 11.1 Å². The van der Waals surface area contributed by atoms with Crippen molar-refractivity contribution in [3.05, 3.63) is 51.5 Å². The Balaban J connectivity index is 1.90. The minimum Gasteiger partial charge on any atom is -0.493 e. The summed E-state index contributed by atoms with van der Waals surface area (Å²) in [5, 5.41) is 4.09. The van der Waals surface area contributed by atoms with Crippen molar-refractivity contribution in [3.63, 3.8) is 0 Å². The smallest absolute Gasteiger partial charge is 0.230 e. The molecule has 2 aromatic rings. The number of hydrogen-bond donors (Lipinski definition) is 1. The molecule has 146 valence electrons. The zero-order valence-corrected chi connectivity index (χ0v) is 17.6. The second kappa shape index (κ2) is 10.5. The fourth-order valence-corrected chi connectivity index (χ4v) is 4.00. The third kappa shape index (κ3) is 5.86. The average molecular weight is 430 g/mol. The molecule has 0 saturated heterocycles. The number of nitrogens with one attached hydrogen (secondary N) is 1. The third-order valence-electron chi connectivity index (χ3n) is 3.76. The summed E-state index contributed by atoms with van der Waals surface area (Å²) in [5.74, 6) is 2.38. The van der Waals surface area contributed by atoms with Crippen molar-refractivity contribution in [2.45, 2.75) is 12.3 Å². The Bertz CT molecular complexity index is 756. The lowest BCUT2D eigenvalue weighted by molar-refractivity contribution is -0.118. The predicted molar refractivity (Wildman–Crippen MR) is 111 cm³/mol. The van der Waals surface area contributed by atoms with Gasteiger partial charge in [-0.05, 0) is 35.4 Å². The first-order valence-electron chi connectivity index (χ1n) is 8.06. The molecule has 0 saturated carbocycles. The van der Waals surface area contributed by atoms with E-state index < -0.39 is 0 Å². The first-order chi connectivity index (χ1) is 13.0. The minimum atomic E-state index is -0.0862. The Labute approximate surface area is 173 Å². The van der Waals surface area contributed by atoms with Gasteiger partial charge in [-0.2, -0.15) is 0 Å². The standard InChI is InChI=1S/C19H21Cl2NO4S/c1-24-16-7-12(8-17(25-2)19(16)26-3)9-22-18(23)11-27-10-13-14(20)5-4-6-15(13)21/h4-8H,9-11H2,1-3H3,(H,22,23). The lowest BCUT2D eigenvalue weighted by Crippen LogP contribution is -2.24. The van der Waals surface area contributed by atoms with E-state index in [0.29, 0.717) is 45.3 Å². The van der Waals surface area contributed by atoms with Crippen LogP contribution in [0.2, 0.25) is 10.0 Å². The normalized spacial score (nSPS) is 10.4. The number of carbonyl (C=O) groups excluding carboxylic acids is 1. The molecule has 0 aliphatic rings. The molecular formula is C19H21Cl2NO4S. The molecule has 0 aliphatic carbocycles. The van der Waals surface area contributed by atoms with Crippen LogP contribution in [0.5, 0.6) is 17.2 Å². The number of carbonyl (C=O) groups is 1. The highest BCUT2D eigenvalue weighted by molar-refractivity contribution is 7.99. The molecule has 2 rings (SSSR count). The molecule has 0 aliphatic heterocycles. The van der Waals surface area contributed by atoms with Crippen LogP contribution in [0.25, 0.3) is 0 Å². The van der Waals surface area contributed by atoms with E-state index in [1.807, 2.05) is 0 Å². The van der Waals surface area contributed by atoms with Gasteiger partial charge in [-0.1, -0.05) is 29.3 Å². The summed E-state index contributed by atoms with van der Waals surface area (Å²) in [6.45, 7) is 0.350. The Morgan fingerprint density at radius 3 is 2.15 bits per heavy atom. The van der Waals surface area contributed by atoms with E-state index in [-0.39, 0.29) is 5.91 Å². The van der Waals surface area contributed by atoms with Crippen molar-refractivity contribution in [2.75, 3.05) is 27.1 Å². The number of rotatable bonds is 9. The minimum absolute atomic E-state index is 0.0862. The van der Waals surface area contributed by atoms with E-state index in [1.165, 1.54) is 11.8 Å². The third-order valence-corrected chi connectivity index (χ3v) is 5.42. The highest BCUT2D eigenvalue weighted by atomic mass is 35.5. The molecule has 27 heavy (non-hydrogen) atoms. The van der Waals surface area contributed by atoms with Gasteiger partial charge in [0, 0.05) is 22.3 Å². The Kier molecular flexibility index (Phi) is 8.41. The molecule has 1 N–H and O–H groups in total. The van der Waals surface area contributed by atoms with Gasteiger partial charge in [0.15, 0.2) is 11.5 Å². The maximum absolute atomic E-state index is 12.1. The van der Waals surface area contributed by atoms with Crippen LogP contribution >= 0.6 is 35.0 Å². The van der Waals surface area contributed by atoms with E-state index >= 15 is 0 Å². The maximum atomic E-state index is 12.1. The number of amides is 1. The Morgan fingerprint density at radius 2 is 1.63 bits per heavy atom. The van der Waals surface area contributed by atoms with Gasteiger partial charge in [0.05, 0.1) is 27.1 Å². The highest BCUT2D eigenvalue weighted by Gasteiger charge is 2.14. The SMILES string of the molecule is COc1cc(CNC(=O)CSCc2c(Cl)cccc2Cl)cc(OC)c1OC. The largest absolute Gasteiger partial charge is 0.493 e. The molecule has 0 aromatic heterocycles. The molecule has 5 nitrogen and oxygen atoms in total. The van der Waals surface area contributed by atoms with Gasteiger partial charge in [-0.25, -0.2) is 0 Å². The summed E-state index contributed by atoms with van der Waals surface area (Å²) >= 11 is 13.7. The number of ether oxygens (including phenoxy) is 3. The fraction of sp³-hybridized carbons (Fsp3) is 0.316. The number of benzene rings is 2. The van der Waals surface area contributed by atoms with Crippen molar-refractivity contribution >= 4 is 40.9 Å². The van der Waals surface area contributed by atoms with E-state index in [9.17, 15) is 4.79 Å². The summed E-state index contributed by atoms with van der Waals surface area (Å²) in [5.41, 5.74) is 1.68. The molecule has 0 atom stereocenters. The van der Waals surface area contributed by atoms with Crippen molar-refractivity contribution in [1.29, 1.82) is 0 Å². The van der Waals surface area contributed by atoms with Crippen LogP contribution in [0.4, 0.5) is 0 Å². The van der Waals surface area contributed by atoms with Crippen LogP contribution in [0.15, 0.2) is 30.3 Å². The van der Waals surface area contributed by atoms with Crippen LogP contribution in [0.1, 0.15) is 11.1 Å². The molecule has 0 fully saturated rings. The molecule has 1 amide bonds. The molecular weight excluding hydrogens is 409 g/mol. The lowest BCUT2D eigenvalue weighted by Gasteiger charge is -2.14. The average Bonchev–Trinajstić information content (AvgIpc) is 2.67. The summed E-state index contributed by atoms with van der Waals surface area (Å²) in [6.07, 6.45) is 0.